The van der Waals surface area contributed by atoms with Gasteiger partial charge < -0.3 is 9.72 Å². The van der Waals surface area contributed by atoms with Crippen LogP contribution in [-0.2, 0) is 5.41 Å². The van der Waals surface area contributed by atoms with Gasteiger partial charge in [0.1, 0.15) is 11.6 Å². The summed E-state index contributed by atoms with van der Waals surface area (Å²) in [5.74, 6) is 0.921. The first-order valence-electron chi connectivity index (χ1n) is 13.0. The minimum Gasteiger partial charge on any atom is -0.464 e. The summed E-state index contributed by atoms with van der Waals surface area (Å²) in [7, 11) is 0. The summed E-state index contributed by atoms with van der Waals surface area (Å²) in [4.78, 5) is 3.75. The molecule has 2 unspecified atom stereocenters. The molecule has 4 aromatic carbocycles. The van der Waals surface area contributed by atoms with E-state index >= 15 is 4.39 Å². The normalized spacial score (nSPS) is 21.1. The van der Waals surface area contributed by atoms with Crippen LogP contribution in [0.2, 0.25) is 0 Å². The Morgan fingerprint density at radius 2 is 1.71 bits per heavy atom. The van der Waals surface area contributed by atoms with E-state index in [0.717, 1.165) is 44.6 Å². The molecule has 38 heavy (non-hydrogen) atoms. The number of benzene rings is 4. The van der Waals surface area contributed by atoms with Gasteiger partial charge in [-0.25, -0.2) is 4.39 Å². The Kier molecular flexibility index (Phi) is 4.34. The van der Waals surface area contributed by atoms with Crippen molar-refractivity contribution >= 4 is 33.5 Å². The van der Waals surface area contributed by atoms with Crippen LogP contribution in [0.25, 0.3) is 33.5 Å². The van der Waals surface area contributed by atoms with Crippen molar-refractivity contribution in [3.63, 3.8) is 0 Å². The maximum Gasteiger partial charge on any atom is 0.138 e. The monoisotopic (exact) mass is 493 g/mol. The zero-order valence-corrected chi connectivity index (χ0v) is 20.8. The zero-order valence-electron chi connectivity index (χ0n) is 20.8. The highest BCUT2D eigenvalue weighted by atomic mass is 19.1. The van der Waals surface area contributed by atoms with E-state index in [1.807, 2.05) is 36.6 Å². The predicted octanol–water partition coefficient (Wildman–Crippen LogP) is 8.81. The van der Waals surface area contributed by atoms with Crippen molar-refractivity contribution in [2.75, 3.05) is 0 Å². The third-order valence-corrected chi connectivity index (χ3v) is 8.34. The highest BCUT2D eigenvalue weighted by molar-refractivity contribution is 6.18. The van der Waals surface area contributed by atoms with Crippen LogP contribution in [0.15, 0.2) is 115 Å². The standard InChI is InChI=1S/C35H24FNO/c1-21-16-18-38-34-25-19-22-15-17-35(23-9-3-2-4-10-23,27-12-6-7-13-28(27)36)20-26(22)31(25)33-32(30(21)34)24-11-5-8-14-29(24)37-33/h2-21,37H,1H3. The summed E-state index contributed by atoms with van der Waals surface area (Å²) in [6, 6.07) is 25.8. The van der Waals surface area contributed by atoms with Crippen LogP contribution in [0.1, 0.15) is 40.7 Å². The molecule has 5 aromatic rings. The van der Waals surface area contributed by atoms with Crippen LogP contribution in [0.4, 0.5) is 4.39 Å². The lowest BCUT2D eigenvalue weighted by molar-refractivity contribution is 0.457. The number of para-hydroxylation sites is 1. The fourth-order valence-electron chi connectivity index (χ4n) is 6.60. The van der Waals surface area contributed by atoms with Crippen LogP contribution in [0, 0.1) is 5.82 Å². The smallest absolute Gasteiger partial charge is 0.138 e. The van der Waals surface area contributed by atoms with E-state index in [1.54, 1.807) is 12.1 Å². The summed E-state index contributed by atoms with van der Waals surface area (Å²) in [5.41, 5.74) is 8.75. The third-order valence-electron chi connectivity index (χ3n) is 8.34. The number of hydrogen-bond donors (Lipinski definition) is 1. The lowest BCUT2D eigenvalue weighted by Crippen LogP contribution is -2.26. The number of H-pyrrole nitrogens is 1. The molecule has 0 saturated carbocycles. The topological polar surface area (TPSA) is 25.0 Å². The van der Waals surface area contributed by atoms with Crippen LogP contribution >= 0.6 is 0 Å². The first kappa shape index (κ1) is 21.5. The number of aromatic amines is 1. The van der Waals surface area contributed by atoms with Gasteiger partial charge in [-0.15, -0.1) is 0 Å². The Labute approximate surface area is 220 Å². The van der Waals surface area contributed by atoms with E-state index in [0.29, 0.717) is 5.56 Å². The van der Waals surface area contributed by atoms with Crippen LogP contribution in [-0.4, -0.2) is 4.98 Å². The van der Waals surface area contributed by atoms with Crippen molar-refractivity contribution in [2.24, 2.45) is 0 Å². The number of fused-ring (bicyclic) bond motifs is 10. The average Bonchev–Trinajstić information content (AvgIpc) is 3.52. The molecular formula is C35H24FNO. The molecule has 8 rings (SSSR count). The fourth-order valence-corrected chi connectivity index (χ4v) is 6.60. The van der Waals surface area contributed by atoms with Crippen LogP contribution in [0.3, 0.4) is 0 Å². The van der Waals surface area contributed by atoms with Crippen molar-refractivity contribution in [1.29, 1.82) is 0 Å². The molecule has 0 fully saturated rings. The highest BCUT2D eigenvalue weighted by Gasteiger charge is 2.39. The molecule has 0 radical (unpaired) electrons. The Morgan fingerprint density at radius 3 is 2.58 bits per heavy atom. The minimum absolute atomic E-state index is 0.216. The largest absolute Gasteiger partial charge is 0.464 e. The van der Waals surface area contributed by atoms with Gasteiger partial charge in [0.2, 0.25) is 0 Å². The van der Waals surface area contributed by atoms with Gasteiger partial charge in [-0.1, -0.05) is 91.9 Å². The molecule has 1 aromatic heterocycles. The summed E-state index contributed by atoms with van der Waals surface area (Å²) in [6.07, 6.45) is 12.7. The maximum absolute atomic E-state index is 15.5. The van der Waals surface area contributed by atoms with Crippen molar-refractivity contribution in [3.8, 4) is 5.75 Å². The van der Waals surface area contributed by atoms with Gasteiger partial charge in [0.15, 0.2) is 0 Å². The van der Waals surface area contributed by atoms with Crippen molar-refractivity contribution < 1.29 is 9.13 Å². The number of nitrogens with one attached hydrogen (secondary N) is 1. The highest BCUT2D eigenvalue weighted by Crippen LogP contribution is 2.55. The van der Waals surface area contributed by atoms with Crippen molar-refractivity contribution in [1.82, 2.24) is 4.98 Å². The molecule has 0 spiro atoms. The van der Waals surface area contributed by atoms with Gasteiger partial charge in [0.25, 0.3) is 0 Å². The summed E-state index contributed by atoms with van der Waals surface area (Å²) in [5, 5.41) is 2.39. The first-order valence-corrected chi connectivity index (χ1v) is 13.0. The number of halogens is 1. The van der Waals surface area contributed by atoms with Crippen molar-refractivity contribution in [3.05, 3.63) is 149 Å². The van der Waals surface area contributed by atoms with E-state index in [2.05, 4.69) is 78.7 Å². The lowest BCUT2D eigenvalue weighted by Gasteiger charge is -2.33. The summed E-state index contributed by atoms with van der Waals surface area (Å²) < 4.78 is 21.8. The molecule has 2 atom stereocenters. The van der Waals surface area contributed by atoms with E-state index in [-0.39, 0.29) is 11.7 Å². The average molecular weight is 494 g/mol. The fraction of sp³-hybridized carbons (Fsp3) is 0.0857. The number of ether oxygens (including phenoxy) is 1. The molecule has 2 aliphatic carbocycles. The molecule has 1 N–H and O–H groups in total. The molecule has 0 bridgehead atoms. The van der Waals surface area contributed by atoms with Gasteiger partial charge in [-0.3, -0.25) is 0 Å². The molecule has 3 heteroatoms. The number of hydrogen-bond acceptors (Lipinski definition) is 1. The second kappa shape index (κ2) is 7.69. The molecule has 182 valence electrons. The summed E-state index contributed by atoms with van der Waals surface area (Å²) >= 11 is 0. The van der Waals surface area contributed by atoms with E-state index in [1.165, 1.54) is 16.3 Å². The Bertz CT molecular complexity index is 1920. The molecule has 3 aliphatic rings. The Balaban J connectivity index is 1.49. The Hall–Kier alpha value is -4.63. The predicted molar refractivity (Wildman–Crippen MR) is 153 cm³/mol. The van der Waals surface area contributed by atoms with Crippen LogP contribution in [0.5, 0.6) is 5.75 Å². The maximum atomic E-state index is 15.5. The Morgan fingerprint density at radius 1 is 0.921 bits per heavy atom. The zero-order chi connectivity index (χ0) is 25.4. The number of aromatic nitrogens is 1. The molecular weight excluding hydrogens is 469 g/mol. The second-order valence-electron chi connectivity index (χ2n) is 10.4. The van der Waals surface area contributed by atoms with Crippen molar-refractivity contribution in [2.45, 2.75) is 18.3 Å². The molecule has 2 heterocycles. The molecule has 1 aliphatic heterocycles. The van der Waals surface area contributed by atoms with Gasteiger partial charge in [-0.2, -0.15) is 0 Å². The van der Waals surface area contributed by atoms with E-state index in [4.69, 9.17) is 4.74 Å². The van der Waals surface area contributed by atoms with E-state index in [9.17, 15) is 0 Å². The summed E-state index contributed by atoms with van der Waals surface area (Å²) in [6.45, 7) is 2.22. The first-order chi connectivity index (χ1) is 18.7. The number of allylic oxidation sites excluding steroid dienone is 6. The quantitative estimate of drug-likeness (QED) is 0.261. The molecule has 2 nitrogen and oxygen atoms in total. The van der Waals surface area contributed by atoms with E-state index < -0.39 is 5.41 Å². The van der Waals surface area contributed by atoms with Gasteiger partial charge in [-0.05, 0) is 41.0 Å². The molecule has 0 saturated heterocycles. The lowest BCUT2D eigenvalue weighted by atomic mass is 9.69. The third kappa shape index (κ3) is 2.76. The van der Waals surface area contributed by atoms with Gasteiger partial charge in [0.05, 0.1) is 17.2 Å². The second-order valence-corrected chi connectivity index (χ2v) is 10.4. The van der Waals surface area contributed by atoms with Gasteiger partial charge >= 0.3 is 0 Å². The SMILES string of the molecule is CC1C=COc2c3c(c4[nH]c5ccccc5c4c21)C1=CC(c2ccccc2)(c2ccccc2F)C=CC1=C3. The van der Waals surface area contributed by atoms with Crippen LogP contribution < -0.4 is 4.74 Å². The van der Waals surface area contributed by atoms with Gasteiger partial charge in [0, 0.05) is 44.5 Å². The minimum atomic E-state index is -0.747. The molecule has 0 amide bonds. The number of rotatable bonds is 2.